The number of amides is 1. The summed E-state index contributed by atoms with van der Waals surface area (Å²) in [6, 6.07) is 11.5. The number of rotatable bonds is 4. The minimum Gasteiger partial charge on any atom is -0.487 e. The normalized spacial score (nSPS) is 16.0. The zero-order valence-corrected chi connectivity index (χ0v) is 14.6. The third kappa shape index (κ3) is 3.25. The molecule has 0 spiro atoms. The molecular weight excluding hydrogens is 324 g/mol. The Morgan fingerprint density at radius 2 is 2.12 bits per heavy atom. The highest BCUT2D eigenvalue weighted by Gasteiger charge is 2.25. The first-order valence-electron chi connectivity index (χ1n) is 8.09. The maximum atomic E-state index is 12.5. The molecule has 126 valence electrons. The number of fused-ring (bicyclic) bond motifs is 1. The van der Waals surface area contributed by atoms with E-state index >= 15 is 0 Å². The molecule has 0 radical (unpaired) electrons. The van der Waals surface area contributed by atoms with E-state index in [-0.39, 0.29) is 18.1 Å². The van der Waals surface area contributed by atoms with Gasteiger partial charge in [0.2, 0.25) is 0 Å². The van der Waals surface area contributed by atoms with E-state index in [9.17, 15) is 4.79 Å². The van der Waals surface area contributed by atoms with Crippen LogP contribution in [-0.4, -0.2) is 24.6 Å². The monoisotopic (exact) mass is 344 g/mol. The van der Waals surface area contributed by atoms with Gasteiger partial charge < -0.3 is 15.8 Å². The second-order valence-corrected chi connectivity index (χ2v) is 6.71. The second kappa shape index (κ2) is 6.83. The molecule has 0 aliphatic carbocycles. The summed E-state index contributed by atoms with van der Waals surface area (Å²) in [5.41, 5.74) is 9.14. The number of nitrogens with one attached hydrogen (secondary N) is 1. The molecule has 0 saturated heterocycles. The minimum atomic E-state index is -0.0895. The maximum absolute atomic E-state index is 12.5. The van der Waals surface area contributed by atoms with Crippen LogP contribution in [0.3, 0.4) is 0 Å². The van der Waals surface area contributed by atoms with E-state index in [4.69, 9.17) is 22.1 Å². The Hall–Kier alpha value is -2.04. The van der Waals surface area contributed by atoms with Gasteiger partial charge in [0.05, 0.1) is 5.02 Å². The van der Waals surface area contributed by atoms with Crippen LogP contribution in [0.15, 0.2) is 36.4 Å². The van der Waals surface area contributed by atoms with E-state index in [2.05, 4.69) is 5.32 Å². The SMILES string of the molecule is CC(C)NC(=O)c1ccccc1-c1cc(Cl)c2c(c1)CC(CN)O2. The van der Waals surface area contributed by atoms with Gasteiger partial charge in [-0.15, -0.1) is 0 Å². The standard InChI is InChI=1S/C19H21ClN2O2/c1-11(2)22-19(23)16-6-4-3-5-15(16)12-7-13-8-14(10-21)24-18(13)17(20)9-12/h3-7,9,11,14H,8,10,21H2,1-2H3,(H,22,23). The first-order valence-corrected chi connectivity index (χ1v) is 8.46. The molecule has 0 bridgehead atoms. The lowest BCUT2D eigenvalue weighted by atomic mass is 9.96. The molecule has 4 nitrogen and oxygen atoms in total. The molecule has 2 aromatic rings. The van der Waals surface area contributed by atoms with E-state index in [0.29, 0.717) is 22.9 Å². The number of hydrogen-bond acceptors (Lipinski definition) is 3. The highest BCUT2D eigenvalue weighted by atomic mass is 35.5. The van der Waals surface area contributed by atoms with E-state index in [1.807, 2.05) is 50.2 Å². The van der Waals surface area contributed by atoms with Crippen LogP contribution in [0.2, 0.25) is 5.02 Å². The Kier molecular flexibility index (Phi) is 4.78. The lowest BCUT2D eigenvalue weighted by Crippen LogP contribution is -2.30. The molecule has 2 aromatic carbocycles. The van der Waals surface area contributed by atoms with Crippen molar-refractivity contribution < 1.29 is 9.53 Å². The molecular formula is C19H21ClN2O2. The molecule has 1 aliphatic rings. The molecule has 3 N–H and O–H groups in total. The van der Waals surface area contributed by atoms with Gasteiger partial charge >= 0.3 is 0 Å². The third-order valence-electron chi connectivity index (χ3n) is 4.02. The molecule has 1 amide bonds. The largest absolute Gasteiger partial charge is 0.487 e. The van der Waals surface area contributed by atoms with Gasteiger partial charge in [-0.05, 0) is 43.2 Å². The molecule has 1 heterocycles. The Labute approximate surface area is 147 Å². The van der Waals surface area contributed by atoms with Gasteiger partial charge in [0.1, 0.15) is 11.9 Å². The predicted molar refractivity (Wildman–Crippen MR) is 96.7 cm³/mol. The lowest BCUT2D eigenvalue weighted by Gasteiger charge is -2.13. The van der Waals surface area contributed by atoms with Gasteiger partial charge in [0.15, 0.2) is 0 Å². The molecule has 0 fully saturated rings. The van der Waals surface area contributed by atoms with Crippen LogP contribution in [-0.2, 0) is 6.42 Å². The summed E-state index contributed by atoms with van der Waals surface area (Å²) in [4.78, 5) is 12.5. The fourth-order valence-corrected chi connectivity index (χ4v) is 3.23. The van der Waals surface area contributed by atoms with Gasteiger partial charge in [-0.2, -0.15) is 0 Å². The summed E-state index contributed by atoms with van der Waals surface area (Å²) >= 11 is 6.40. The predicted octanol–water partition coefficient (Wildman–Crippen LogP) is 3.41. The highest BCUT2D eigenvalue weighted by Crippen LogP contribution is 2.40. The van der Waals surface area contributed by atoms with Crippen molar-refractivity contribution in [2.75, 3.05) is 6.54 Å². The summed E-state index contributed by atoms with van der Waals surface area (Å²) in [6.07, 6.45) is 0.701. The third-order valence-corrected chi connectivity index (χ3v) is 4.30. The fourth-order valence-electron chi connectivity index (χ4n) is 2.95. The number of carbonyl (C=O) groups excluding carboxylic acids is 1. The molecule has 5 heteroatoms. The van der Waals surface area contributed by atoms with Crippen molar-refractivity contribution in [3.8, 4) is 16.9 Å². The molecule has 3 rings (SSSR count). The highest BCUT2D eigenvalue weighted by molar-refractivity contribution is 6.32. The minimum absolute atomic E-state index is 0.0350. The van der Waals surface area contributed by atoms with Crippen LogP contribution in [0.25, 0.3) is 11.1 Å². The van der Waals surface area contributed by atoms with E-state index in [0.717, 1.165) is 23.1 Å². The number of nitrogens with two attached hydrogens (primary N) is 1. The Balaban J connectivity index is 2.02. The smallest absolute Gasteiger partial charge is 0.252 e. The van der Waals surface area contributed by atoms with E-state index in [1.165, 1.54) is 0 Å². The zero-order valence-electron chi connectivity index (χ0n) is 13.8. The summed E-state index contributed by atoms with van der Waals surface area (Å²) in [5.74, 6) is 0.619. The van der Waals surface area contributed by atoms with Crippen molar-refractivity contribution in [2.24, 2.45) is 5.73 Å². The van der Waals surface area contributed by atoms with Crippen molar-refractivity contribution in [1.82, 2.24) is 5.32 Å². The van der Waals surface area contributed by atoms with Crippen LogP contribution in [0.4, 0.5) is 0 Å². The molecule has 24 heavy (non-hydrogen) atoms. The van der Waals surface area contributed by atoms with Gasteiger partial charge in [-0.3, -0.25) is 4.79 Å². The zero-order chi connectivity index (χ0) is 17.3. The number of halogens is 1. The Morgan fingerprint density at radius 1 is 1.38 bits per heavy atom. The van der Waals surface area contributed by atoms with Crippen molar-refractivity contribution in [3.05, 3.63) is 52.5 Å². The van der Waals surface area contributed by atoms with Crippen LogP contribution in [0.1, 0.15) is 29.8 Å². The summed E-state index contributed by atoms with van der Waals surface area (Å²) in [6.45, 7) is 4.34. The van der Waals surface area contributed by atoms with Gasteiger partial charge in [-0.25, -0.2) is 0 Å². The van der Waals surface area contributed by atoms with Crippen molar-refractivity contribution in [3.63, 3.8) is 0 Å². The average molecular weight is 345 g/mol. The quantitative estimate of drug-likeness (QED) is 0.893. The van der Waals surface area contributed by atoms with Crippen molar-refractivity contribution >= 4 is 17.5 Å². The summed E-state index contributed by atoms with van der Waals surface area (Å²) < 4.78 is 5.77. The fraction of sp³-hybridized carbons (Fsp3) is 0.316. The summed E-state index contributed by atoms with van der Waals surface area (Å²) in [5, 5.41) is 3.49. The number of benzene rings is 2. The molecule has 0 saturated carbocycles. The maximum Gasteiger partial charge on any atom is 0.252 e. The second-order valence-electron chi connectivity index (χ2n) is 6.30. The van der Waals surface area contributed by atoms with Crippen molar-refractivity contribution in [1.29, 1.82) is 0 Å². The first kappa shape index (κ1) is 16.8. The van der Waals surface area contributed by atoms with Gasteiger partial charge in [0, 0.05) is 30.1 Å². The number of hydrogen-bond donors (Lipinski definition) is 2. The van der Waals surface area contributed by atoms with Crippen LogP contribution in [0.5, 0.6) is 5.75 Å². The Bertz CT molecular complexity index is 774. The molecule has 1 aliphatic heterocycles. The van der Waals surface area contributed by atoms with E-state index in [1.54, 1.807) is 0 Å². The molecule has 1 atom stereocenters. The van der Waals surface area contributed by atoms with Crippen molar-refractivity contribution in [2.45, 2.75) is 32.4 Å². The average Bonchev–Trinajstić information content (AvgIpc) is 2.98. The van der Waals surface area contributed by atoms with E-state index < -0.39 is 0 Å². The van der Waals surface area contributed by atoms with Gasteiger partial charge in [-0.1, -0.05) is 29.8 Å². The Morgan fingerprint density at radius 3 is 2.83 bits per heavy atom. The topological polar surface area (TPSA) is 64.4 Å². The van der Waals surface area contributed by atoms with Crippen LogP contribution < -0.4 is 15.8 Å². The molecule has 0 aromatic heterocycles. The molecule has 1 unspecified atom stereocenters. The van der Waals surface area contributed by atoms with Gasteiger partial charge in [0.25, 0.3) is 5.91 Å². The number of carbonyl (C=O) groups is 1. The number of ether oxygens (including phenoxy) is 1. The summed E-state index contributed by atoms with van der Waals surface area (Å²) in [7, 11) is 0. The lowest BCUT2D eigenvalue weighted by molar-refractivity contribution is 0.0944. The van der Waals surface area contributed by atoms with Crippen LogP contribution >= 0.6 is 11.6 Å². The van der Waals surface area contributed by atoms with Crippen LogP contribution in [0, 0.1) is 0 Å². The first-order chi connectivity index (χ1) is 11.5.